The van der Waals surface area contributed by atoms with Gasteiger partial charge in [-0.3, -0.25) is 4.79 Å². The number of carbonyl (C=O) groups is 1. The topological polar surface area (TPSA) is 58.4 Å². The lowest BCUT2D eigenvalue weighted by Gasteiger charge is -2.35. The van der Waals surface area contributed by atoms with E-state index in [9.17, 15) is 4.79 Å². The van der Waals surface area contributed by atoms with E-state index in [2.05, 4.69) is 24.2 Å². The Kier molecular flexibility index (Phi) is 3.97. The maximum Gasteiger partial charge on any atom is 0.239 e. The molecule has 0 radical (unpaired) electrons. The minimum atomic E-state index is -0.498. The summed E-state index contributed by atoms with van der Waals surface area (Å²) in [6, 6.07) is 0. The first-order chi connectivity index (χ1) is 8.49. The fourth-order valence-electron chi connectivity index (χ4n) is 3.13. The van der Waals surface area contributed by atoms with Crippen molar-refractivity contribution in [1.82, 2.24) is 10.2 Å². The Labute approximate surface area is 110 Å². The summed E-state index contributed by atoms with van der Waals surface area (Å²) in [6.45, 7) is 6.99. The van der Waals surface area contributed by atoms with Crippen LogP contribution in [0.5, 0.6) is 0 Å². The Morgan fingerprint density at radius 2 is 2.11 bits per heavy atom. The average Bonchev–Trinajstić information content (AvgIpc) is 3.15. The molecule has 2 aliphatic rings. The number of rotatable bonds is 8. The summed E-state index contributed by atoms with van der Waals surface area (Å²) in [7, 11) is 2.11. The molecule has 104 valence electrons. The van der Waals surface area contributed by atoms with Gasteiger partial charge >= 0.3 is 0 Å². The Morgan fingerprint density at radius 3 is 2.50 bits per heavy atom. The van der Waals surface area contributed by atoms with E-state index in [1.807, 2.05) is 6.92 Å². The van der Waals surface area contributed by atoms with E-state index in [1.165, 1.54) is 6.42 Å². The molecular formula is C14H27N3O. The van der Waals surface area contributed by atoms with E-state index in [-0.39, 0.29) is 5.91 Å². The lowest BCUT2D eigenvalue weighted by Crippen LogP contribution is -2.62. The summed E-state index contributed by atoms with van der Waals surface area (Å²) in [5.41, 5.74) is 5.19. The van der Waals surface area contributed by atoms with Crippen LogP contribution in [0.4, 0.5) is 0 Å². The van der Waals surface area contributed by atoms with Crippen LogP contribution < -0.4 is 11.1 Å². The van der Waals surface area contributed by atoms with Gasteiger partial charge in [0.25, 0.3) is 0 Å². The van der Waals surface area contributed by atoms with Gasteiger partial charge in [-0.1, -0.05) is 13.8 Å². The van der Waals surface area contributed by atoms with Gasteiger partial charge < -0.3 is 16.0 Å². The van der Waals surface area contributed by atoms with Crippen molar-refractivity contribution < 1.29 is 4.79 Å². The van der Waals surface area contributed by atoms with E-state index < -0.39 is 5.54 Å². The highest BCUT2D eigenvalue weighted by Gasteiger charge is 2.50. The molecule has 18 heavy (non-hydrogen) atoms. The summed E-state index contributed by atoms with van der Waals surface area (Å²) in [6.07, 6.45) is 3.59. The average molecular weight is 253 g/mol. The second kappa shape index (κ2) is 5.17. The molecule has 2 rings (SSSR count). The first-order valence-corrected chi connectivity index (χ1v) is 7.23. The van der Waals surface area contributed by atoms with E-state index in [0.717, 1.165) is 44.3 Å². The zero-order valence-corrected chi connectivity index (χ0v) is 11.9. The van der Waals surface area contributed by atoms with Crippen LogP contribution in [-0.2, 0) is 4.79 Å². The number of hydrogen-bond acceptors (Lipinski definition) is 3. The van der Waals surface area contributed by atoms with Crippen LogP contribution in [0.1, 0.15) is 33.1 Å². The van der Waals surface area contributed by atoms with Crippen LogP contribution in [0, 0.1) is 17.8 Å². The molecule has 3 N–H and O–H groups in total. The van der Waals surface area contributed by atoms with Crippen LogP contribution in [0.3, 0.4) is 0 Å². The molecule has 0 heterocycles. The van der Waals surface area contributed by atoms with Crippen molar-refractivity contribution in [2.24, 2.45) is 23.5 Å². The van der Waals surface area contributed by atoms with Crippen LogP contribution in [-0.4, -0.2) is 43.0 Å². The molecule has 2 saturated carbocycles. The molecule has 0 bridgehead atoms. The molecule has 0 aromatic carbocycles. The second-order valence-corrected chi connectivity index (χ2v) is 6.31. The Bertz CT molecular complexity index is 316. The number of carbonyl (C=O) groups excluding carboxylic acids is 1. The van der Waals surface area contributed by atoms with Gasteiger partial charge in [-0.25, -0.2) is 0 Å². The van der Waals surface area contributed by atoms with Crippen molar-refractivity contribution in [3.8, 4) is 0 Å². The Balaban J connectivity index is 1.97. The van der Waals surface area contributed by atoms with Gasteiger partial charge in [0.15, 0.2) is 0 Å². The Morgan fingerprint density at radius 1 is 1.50 bits per heavy atom. The third-order valence-electron chi connectivity index (χ3n) is 4.55. The van der Waals surface area contributed by atoms with Crippen LogP contribution in [0.2, 0.25) is 0 Å². The van der Waals surface area contributed by atoms with Crippen LogP contribution >= 0.6 is 0 Å². The SMILES string of the molecule is CCNC(CN(C)CC1CC1C)(C(N)=O)C1CC1. The standard InChI is InChI=1S/C14H27N3O/c1-4-16-14(13(15)18,12-5-6-12)9-17(3)8-11-7-10(11)2/h10-12,16H,4-9H2,1-3H3,(H2,15,18). The molecule has 4 nitrogen and oxygen atoms in total. The highest BCUT2D eigenvalue weighted by Crippen LogP contribution is 2.41. The fraction of sp³-hybridized carbons (Fsp3) is 0.929. The van der Waals surface area contributed by atoms with Crippen molar-refractivity contribution in [1.29, 1.82) is 0 Å². The van der Waals surface area contributed by atoms with E-state index in [0.29, 0.717) is 5.92 Å². The maximum atomic E-state index is 11.9. The fourth-order valence-corrected chi connectivity index (χ4v) is 3.13. The summed E-state index contributed by atoms with van der Waals surface area (Å²) >= 11 is 0. The van der Waals surface area contributed by atoms with Gasteiger partial charge in [-0.2, -0.15) is 0 Å². The third-order valence-corrected chi connectivity index (χ3v) is 4.55. The lowest BCUT2D eigenvalue weighted by molar-refractivity contribution is -0.126. The minimum absolute atomic E-state index is 0.178. The smallest absolute Gasteiger partial charge is 0.239 e. The molecule has 4 heteroatoms. The predicted molar refractivity (Wildman–Crippen MR) is 73.1 cm³/mol. The highest BCUT2D eigenvalue weighted by atomic mass is 16.1. The molecule has 3 unspecified atom stereocenters. The number of nitrogens with one attached hydrogen (secondary N) is 1. The lowest BCUT2D eigenvalue weighted by atomic mass is 9.91. The van der Waals surface area contributed by atoms with Crippen LogP contribution in [0.25, 0.3) is 0 Å². The van der Waals surface area contributed by atoms with Crippen LogP contribution in [0.15, 0.2) is 0 Å². The van der Waals surface area contributed by atoms with E-state index in [4.69, 9.17) is 5.73 Å². The maximum absolute atomic E-state index is 11.9. The van der Waals surface area contributed by atoms with Gasteiger partial charge in [-0.15, -0.1) is 0 Å². The zero-order chi connectivity index (χ0) is 13.3. The van der Waals surface area contributed by atoms with Crippen molar-refractivity contribution in [3.63, 3.8) is 0 Å². The number of nitrogens with zero attached hydrogens (tertiary/aromatic N) is 1. The van der Waals surface area contributed by atoms with Gasteiger partial charge in [0, 0.05) is 13.1 Å². The predicted octanol–water partition coefficient (Wildman–Crippen LogP) is 0.818. The van der Waals surface area contributed by atoms with Gasteiger partial charge in [-0.05, 0) is 50.6 Å². The molecule has 0 aromatic heterocycles. The highest BCUT2D eigenvalue weighted by molar-refractivity contribution is 5.86. The van der Waals surface area contributed by atoms with Gasteiger partial charge in [0.1, 0.15) is 5.54 Å². The molecule has 1 amide bonds. The van der Waals surface area contributed by atoms with E-state index in [1.54, 1.807) is 0 Å². The second-order valence-electron chi connectivity index (χ2n) is 6.31. The minimum Gasteiger partial charge on any atom is -0.368 e. The van der Waals surface area contributed by atoms with Gasteiger partial charge in [0.05, 0.1) is 0 Å². The summed E-state index contributed by atoms with van der Waals surface area (Å²) in [5.74, 6) is 1.94. The molecule has 0 saturated heterocycles. The molecule has 2 fully saturated rings. The molecule has 0 spiro atoms. The first kappa shape index (κ1) is 13.8. The number of hydrogen-bond donors (Lipinski definition) is 2. The van der Waals surface area contributed by atoms with Crippen molar-refractivity contribution in [3.05, 3.63) is 0 Å². The summed E-state index contributed by atoms with van der Waals surface area (Å²) < 4.78 is 0. The number of nitrogens with two attached hydrogens (primary N) is 1. The molecular weight excluding hydrogens is 226 g/mol. The largest absolute Gasteiger partial charge is 0.368 e. The zero-order valence-electron chi connectivity index (χ0n) is 11.9. The molecule has 0 aromatic rings. The monoisotopic (exact) mass is 253 g/mol. The van der Waals surface area contributed by atoms with Crippen molar-refractivity contribution in [2.45, 2.75) is 38.6 Å². The van der Waals surface area contributed by atoms with Crippen molar-refractivity contribution in [2.75, 3.05) is 26.7 Å². The quantitative estimate of drug-likeness (QED) is 0.673. The third kappa shape index (κ3) is 2.86. The summed E-state index contributed by atoms with van der Waals surface area (Å²) in [5, 5.41) is 3.38. The van der Waals surface area contributed by atoms with E-state index >= 15 is 0 Å². The first-order valence-electron chi connectivity index (χ1n) is 7.23. The Hall–Kier alpha value is -0.610. The molecule has 2 aliphatic carbocycles. The van der Waals surface area contributed by atoms with Gasteiger partial charge in [0.2, 0.25) is 5.91 Å². The number of likely N-dealkylation sites (N-methyl/N-ethyl adjacent to an activating group) is 2. The number of primary amides is 1. The molecule has 3 atom stereocenters. The number of amides is 1. The molecule has 0 aliphatic heterocycles. The van der Waals surface area contributed by atoms with Crippen molar-refractivity contribution >= 4 is 5.91 Å². The summed E-state index contributed by atoms with van der Waals surface area (Å²) in [4.78, 5) is 14.2. The normalized spacial score (nSPS) is 30.2.